The molecule has 8 heteroatoms. The predicted octanol–water partition coefficient (Wildman–Crippen LogP) is 1.07. The average Bonchev–Trinajstić information content (AvgIpc) is 2.51. The van der Waals surface area contributed by atoms with Crippen molar-refractivity contribution in [3.63, 3.8) is 0 Å². The molecule has 0 heterocycles. The number of nitrogens with one attached hydrogen (secondary N) is 3. The third kappa shape index (κ3) is 5.84. The summed E-state index contributed by atoms with van der Waals surface area (Å²) >= 11 is 0. The first kappa shape index (κ1) is 20.0. The van der Waals surface area contributed by atoms with Crippen molar-refractivity contribution in [2.75, 3.05) is 25.0 Å². The molecule has 0 aromatic heterocycles. The number of benzene rings is 1. The van der Waals surface area contributed by atoms with Gasteiger partial charge in [0.05, 0.1) is 12.1 Å². The van der Waals surface area contributed by atoms with E-state index in [1.165, 1.54) is 12.1 Å². The Hall–Kier alpha value is -2.09. The van der Waals surface area contributed by atoms with Crippen LogP contribution in [0, 0.1) is 0 Å². The highest BCUT2D eigenvalue weighted by Gasteiger charge is 2.30. The van der Waals surface area contributed by atoms with E-state index in [-0.39, 0.29) is 24.0 Å². The highest BCUT2D eigenvalue weighted by atomic mass is 19.4. The first-order valence-corrected chi connectivity index (χ1v) is 7.78. The van der Waals surface area contributed by atoms with Crippen LogP contribution in [0.4, 0.5) is 18.9 Å². The van der Waals surface area contributed by atoms with Gasteiger partial charge in [-0.05, 0) is 45.0 Å². The van der Waals surface area contributed by atoms with Gasteiger partial charge in [-0.3, -0.25) is 9.59 Å². The second-order valence-electron chi connectivity index (χ2n) is 5.43. The molecule has 0 saturated carbocycles. The quantitative estimate of drug-likeness (QED) is 0.692. The fraction of sp³-hybridized carbons (Fsp3) is 0.500. The van der Waals surface area contributed by atoms with Gasteiger partial charge < -0.3 is 15.5 Å². The SMILES string of the molecule is CCNC(=O)C[NH+](CC)[C@@H](C)C(=O)Nc1ccc(C(F)(F)F)cc1. The van der Waals surface area contributed by atoms with Gasteiger partial charge in [0.15, 0.2) is 12.6 Å². The Morgan fingerprint density at radius 2 is 1.75 bits per heavy atom. The van der Waals surface area contributed by atoms with Crippen LogP contribution in [0.1, 0.15) is 26.3 Å². The van der Waals surface area contributed by atoms with E-state index in [0.717, 1.165) is 17.0 Å². The van der Waals surface area contributed by atoms with Crippen LogP contribution in [-0.2, 0) is 15.8 Å². The second kappa shape index (κ2) is 8.68. The summed E-state index contributed by atoms with van der Waals surface area (Å²) in [5.41, 5.74) is -0.487. The molecule has 0 saturated heterocycles. The summed E-state index contributed by atoms with van der Waals surface area (Å²) in [5, 5.41) is 5.26. The molecule has 1 aromatic carbocycles. The van der Waals surface area contributed by atoms with Crippen LogP contribution in [0.15, 0.2) is 24.3 Å². The maximum absolute atomic E-state index is 12.5. The predicted molar refractivity (Wildman–Crippen MR) is 84.6 cm³/mol. The lowest BCUT2D eigenvalue weighted by Crippen LogP contribution is -3.17. The van der Waals surface area contributed by atoms with E-state index < -0.39 is 17.8 Å². The summed E-state index contributed by atoms with van der Waals surface area (Å²) in [6.45, 7) is 6.59. The molecule has 0 radical (unpaired) electrons. The van der Waals surface area contributed by atoms with E-state index in [1.54, 1.807) is 6.92 Å². The highest BCUT2D eigenvalue weighted by molar-refractivity contribution is 5.93. The molecule has 0 aliphatic rings. The molecule has 5 nitrogen and oxygen atoms in total. The van der Waals surface area contributed by atoms with Gasteiger partial charge in [0, 0.05) is 12.2 Å². The Morgan fingerprint density at radius 3 is 2.21 bits per heavy atom. The summed E-state index contributed by atoms with van der Waals surface area (Å²) in [5.74, 6) is -0.501. The zero-order valence-electron chi connectivity index (χ0n) is 14.0. The summed E-state index contributed by atoms with van der Waals surface area (Å²) in [4.78, 5) is 24.7. The number of carbonyl (C=O) groups excluding carboxylic acids is 2. The molecule has 0 aliphatic heterocycles. The third-order valence-electron chi connectivity index (χ3n) is 3.70. The van der Waals surface area contributed by atoms with Crippen LogP contribution in [0.2, 0.25) is 0 Å². The van der Waals surface area contributed by atoms with Crippen LogP contribution in [0.5, 0.6) is 0 Å². The van der Waals surface area contributed by atoms with Gasteiger partial charge >= 0.3 is 6.18 Å². The lowest BCUT2D eigenvalue weighted by atomic mass is 10.2. The number of halogens is 3. The number of amides is 2. The van der Waals surface area contributed by atoms with Crippen molar-refractivity contribution < 1.29 is 27.7 Å². The highest BCUT2D eigenvalue weighted by Crippen LogP contribution is 2.29. The van der Waals surface area contributed by atoms with Gasteiger partial charge in [0.25, 0.3) is 11.8 Å². The van der Waals surface area contributed by atoms with E-state index in [2.05, 4.69) is 10.6 Å². The fourth-order valence-electron chi connectivity index (χ4n) is 2.23. The molecule has 2 amide bonds. The number of alkyl halides is 3. The minimum atomic E-state index is -4.41. The van der Waals surface area contributed by atoms with Crippen molar-refractivity contribution in [1.29, 1.82) is 0 Å². The number of anilines is 1. The Bertz CT molecular complexity index is 559. The molecule has 0 aliphatic carbocycles. The Labute approximate surface area is 139 Å². The molecule has 2 atom stereocenters. The second-order valence-corrected chi connectivity index (χ2v) is 5.43. The molecule has 3 N–H and O–H groups in total. The smallest absolute Gasteiger partial charge is 0.351 e. The minimum Gasteiger partial charge on any atom is -0.351 e. The van der Waals surface area contributed by atoms with Crippen LogP contribution >= 0.6 is 0 Å². The summed E-state index contributed by atoms with van der Waals surface area (Å²) in [6, 6.07) is 3.74. The van der Waals surface area contributed by atoms with Crippen LogP contribution in [0.3, 0.4) is 0 Å². The maximum atomic E-state index is 12.5. The molecule has 134 valence electrons. The number of quaternary nitrogens is 1. The topological polar surface area (TPSA) is 62.6 Å². The molecule has 1 aromatic rings. The first-order chi connectivity index (χ1) is 11.2. The first-order valence-electron chi connectivity index (χ1n) is 7.78. The van der Waals surface area contributed by atoms with Crippen LogP contribution < -0.4 is 15.5 Å². The van der Waals surface area contributed by atoms with Crippen molar-refractivity contribution >= 4 is 17.5 Å². The summed E-state index contributed by atoms with van der Waals surface area (Å²) in [7, 11) is 0. The summed E-state index contributed by atoms with van der Waals surface area (Å²) < 4.78 is 37.6. The third-order valence-corrected chi connectivity index (χ3v) is 3.70. The standard InChI is InChI=1S/C16H22F3N3O2/c1-4-20-14(23)10-22(5-2)11(3)15(24)21-13-8-6-12(7-9-13)16(17,18)19/h6-9,11H,4-5,10H2,1-3H3,(H,20,23)(H,21,24)/p+1/t11-/m0/s1. The normalized spacial score (nSPS) is 13.9. The number of hydrogen-bond donors (Lipinski definition) is 3. The van der Waals surface area contributed by atoms with Gasteiger partial charge in [-0.2, -0.15) is 13.2 Å². The van der Waals surface area contributed by atoms with Gasteiger partial charge in [-0.15, -0.1) is 0 Å². The minimum absolute atomic E-state index is 0.150. The molecular weight excluding hydrogens is 323 g/mol. The molecule has 1 unspecified atom stereocenters. The Balaban J connectivity index is 2.69. The Morgan fingerprint density at radius 1 is 1.17 bits per heavy atom. The fourth-order valence-corrected chi connectivity index (χ4v) is 2.23. The molecule has 1 rings (SSSR count). The van der Waals surface area contributed by atoms with Crippen LogP contribution in [-0.4, -0.2) is 37.5 Å². The van der Waals surface area contributed by atoms with Crippen molar-refractivity contribution in [1.82, 2.24) is 5.32 Å². The monoisotopic (exact) mass is 346 g/mol. The maximum Gasteiger partial charge on any atom is 0.416 e. The van der Waals surface area contributed by atoms with E-state index in [1.807, 2.05) is 13.8 Å². The van der Waals surface area contributed by atoms with Crippen molar-refractivity contribution in [3.05, 3.63) is 29.8 Å². The van der Waals surface area contributed by atoms with Crippen molar-refractivity contribution in [2.24, 2.45) is 0 Å². The number of rotatable bonds is 7. The molecular formula is C16H23F3N3O2+. The van der Waals surface area contributed by atoms with Crippen LogP contribution in [0.25, 0.3) is 0 Å². The van der Waals surface area contributed by atoms with Gasteiger partial charge in [0.1, 0.15) is 0 Å². The molecule has 0 bridgehead atoms. The van der Waals surface area contributed by atoms with Crippen molar-refractivity contribution in [2.45, 2.75) is 33.0 Å². The average molecular weight is 346 g/mol. The van der Waals surface area contributed by atoms with Gasteiger partial charge in [-0.1, -0.05) is 0 Å². The number of hydrogen-bond acceptors (Lipinski definition) is 2. The molecule has 0 spiro atoms. The van der Waals surface area contributed by atoms with Crippen molar-refractivity contribution in [3.8, 4) is 0 Å². The summed E-state index contributed by atoms with van der Waals surface area (Å²) in [6.07, 6.45) is -4.41. The van der Waals surface area contributed by atoms with E-state index in [4.69, 9.17) is 0 Å². The zero-order valence-corrected chi connectivity index (χ0v) is 14.0. The van der Waals surface area contributed by atoms with E-state index in [9.17, 15) is 22.8 Å². The van der Waals surface area contributed by atoms with Gasteiger partial charge in [-0.25, -0.2) is 0 Å². The lowest BCUT2D eigenvalue weighted by Gasteiger charge is -2.23. The van der Waals surface area contributed by atoms with Gasteiger partial charge in [0.2, 0.25) is 0 Å². The number of carbonyl (C=O) groups is 2. The lowest BCUT2D eigenvalue weighted by molar-refractivity contribution is -0.904. The Kier molecular flexibility index (Phi) is 7.21. The molecule has 0 fully saturated rings. The molecule has 24 heavy (non-hydrogen) atoms. The van der Waals surface area contributed by atoms with E-state index >= 15 is 0 Å². The number of likely N-dealkylation sites (N-methyl/N-ethyl adjacent to an activating group) is 2. The van der Waals surface area contributed by atoms with E-state index in [0.29, 0.717) is 13.1 Å². The largest absolute Gasteiger partial charge is 0.416 e. The zero-order chi connectivity index (χ0) is 18.3.